The lowest BCUT2D eigenvalue weighted by molar-refractivity contribution is -0.121. The van der Waals surface area contributed by atoms with Crippen LogP contribution in [0.2, 0.25) is 0 Å². The Labute approximate surface area is 179 Å². The Balaban J connectivity index is 1.64. The summed E-state index contributed by atoms with van der Waals surface area (Å²) >= 11 is 0. The number of nitrogens with one attached hydrogen (secondary N) is 1. The number of carbonyl (C=O) groups is 2. The Hall–Kier alpha value is -3.68. The van der Waals surface area contributed by atoms with Crippen molar-refractivity contribution < 1.29 is 18.4 Å². The van der Waals surface area contributed by atoms with E-state index in [4.69, 9.17) is 0 Å². The molecule has 1 heterocycles. The zero-order valence-electron chi connectivity index (χ0n) is 17.0. The molecule has 2 aromatic carbocycles. The number of aryl methyl sites for hydroxylation is 1. The van der Waals surface area contributed by atoms with Crippen molar-refractivity contribution in [2.45, 2.75) is 26.4 Å². The van der Waals surface area contributed by atoms with Gasteiger partial charge in [0.05, 0.1) is 11.9 Å². The molecule has 160 valence electrons. The summed E-state index contributed by atoms with van der Waals surface area (Å²) in [5.74, 6) is -1.34. The first kappa shape index (κ1) is 22.0. The van der Waals surface area contributed by atoms with Crippen LogP contribution in [-0.4, -0.2) is 33.2 Å². The van der Waals surface area contributed by atoms with E-state index in [9.17, 15) is 18.4 Å². The van der Waals surface area contributed by atoms with Crippen molar-refractivity contribution in [3.05, 3.63) is 95.1 Å². The first-order valence-corrected chi connectivity index (χ1v) is 9.74. The largest absolute Gasteiger partial charge is 0.352 e. The molecule has 0 saturated heterocycles. The van der Waals surface area contributed by atoms with Gasteiger partial charge in [-0.15, -0.1) is 0 Å². The molecule has 8 heteroatoms. The van der Waals surface area contributed by atoms with Crippen molar-refractivity contribution >= 4 is 11.8 Å². The van der Waals surface area contributed by atoms with E-state index in [0.29, 0.717) is 5.69 Å². The van der Waals surface area contributed by atoms with Crippen molar-refractivity contribution in [1.82, 2.24) is 20.2 Å². The molecular formula is C23H22F2N4O2. The summed E-state index contributed by atoms with van der Waals surface area (Å²) in [5, 5.41) is 2.75. The third kappa shape index (κ3) is 6.67. The molecule has 6 nitrogen and oxygen atoms in total. The van der Waals surface area contributed by atoms with Crippen LogP contribution in [0.15, 0.2) is 60.9 Å². The van der Waals surface area contributed by atoms with E-state index in [-0.39, 0.29) is 55.2 Å². The summed E-state index contributed by atoms with van der Waals surface area (Å²) in [7, 11) is 0. The fraction of sp³-hybridized carbons (Fsp3) is 0.217. The van der Waals surface area contributed by atoms with Crippen LogP contribution in [0.5, 0.6) is 0 Å². The van der Waals surface area contributed by atoms with Crippen LogP contribution in [-0.2, 0) is 17.9 Å². The smallest absolute Gasteiger partial charge is 0.274 e. The minimum atomic E-state index is -0.372. The van der Waals surface area contributed by atoms with Gasteiger partial charge in [-0.1, -0.05) is 24.3 Å². The van der Waals surface area contributed by atoms with E-state index >= 15 is 0 Å². The molecule has 0 atom stereocenters. The lowest BCUT2D eigenvalue weighted by Crippen LogP contribution is -2.35. The number of amides is 2. The summed E-state index contributed by atoms with van der Waals surface area (Å²) in [4.78, 5) is 34.9. The van der Waals surface area contributed by atoms with Crippen LogP contribution in [0.25, 0.3) is 0 Å². The van der Waals surface area contributed by atoms with Gasteiger partial charge in [0, 0.05) is 32.3 Å². The first-order valence-electron chi connectivity index (χ1n) is 9.74. The quantitative estimate of drug-likeness (QED) is 0.601. The highest BCUT2D eigenvalue weighted by atomic mass is 19.1. The van der Waals surface area contributed by atoms with Gasteiger partial charge < -0.3 is 10.2 Å². The molecule has 0 radical (unpaired) electrons. The molecule has 0 aliphatic rings. The van der Waals surface area contributed by atoms with Crippen molar-refractivity contribution in [3.8, 4) is 0 Å². The van der Waals surface area contributed by atoms with E-state index in [0.717, 1.165) is 11.1 Å². The van der Waals surface area contributed by atoms with Crippen molar-refractivity contribution in [1.29, 1.82) is 0 Å². The maximum Gasteiger partial charge on any atom is 0.274 e. The van der Waals surface area contributed by atoms with E-state index in [2.05, 4.69) is 15.3 Å². The van der Waals surface area contributed by atoms with Gasteiger partial charge in [0.25, 0.3) is 5.91 Å². The van der Waals surface area contributed by atoms with Gasteiger partial charge >= 0.3 is 0 Å². The minimum Gasteiger partial charge on any atom is -0.352 e. The highest BCUT2D eigenvalue weighted by Crippen LogP contribution is 2.11. The predicted octanol–water partition coefficient (Wildman–Crippen LogP) is 3.41. The number of carbonyl (C=O) groups excluding carboxylic acids is 2. The topological polar surface area (TPSA) is 75.2 Å². The molecule has 3 rings (SSSR count). The van der Waals surface area contributed by atoms with Gasteiger partial charge in [0.15, 0.2) is 0 Å². The molecule has 0 bridgehead atoms. The zero-order chi connectivity index (χ0) is 22.2. The molecule has 0 spiro atoms. The average Bonchev–Trinajstić information content (AvgIpc) is 2.77. The lowest BCUT2D eigenvalue weighted by Gasteiger charge is -2.22. The van der Waals surface area contributed by atoms with Crippen molar-refractivity contribution in [2.75, 3.05) is 6.54 Å². The van der Waals surface area contributed by atoms with Gasteiger partial charge in [-0.25, -0.2) is 13.8 Å². The fourth-order valence-corrected chi connectivity index (χ4v) is 2.86. The SMILES string of the molecule is Cc1cnc(C(=O)N(CCC(=O)NCc2ccc(F)cc2)Cc2ccc(F)cc2)cn1. The highest BCUT2D eigenvalue weighted by Gasteiger charge is 2.19. The number of aromatic nitrogens is 2. The number of nitrogens with zero attached hydrogens (tertiary/aromatic N) is 3. The number of benzene rings is 2. The van der Waals surface area contributed by atoms with Crippen LogP contribution >= 0.6 is 0 Å². The van der Waals surface area contributed by atoms with Gasteiger partial charge in [-0.2, -0.15) is 0 Å². The van der Waals surface area contributed by atoms with Crippen LogP contribution < -0.4 is 5.32 Å². The maximum absolute atomic E-state index is 13.2. The molecule has 1 N–H and O–H groups in total. The van der Waals surface area contributed by atoms with Gasteiger partial charge in [-0.05, 0) is 42.3 Å². The van der Waals surface area contributed by atoms with Crippen LogP contribution in [0.1, 0.15) is 33.7 Å². The van der Waals surface area contributed by atoms with Crippen LogP contribution in [0.4, 0.5) is 8.78 Å². The summed E-state index contributed by atoms with van der Waals surface area (Å²) in [6, 6.07) is 11.7. The second kappa shape index (κ2) is 10.4. The standard InChI is InChI=1S/C23H22F2N4O2/c1-16-12-27-21(14-26-16)23(31)29(15-18-4-8-20(25)9-5-18)11-10-22(30)28-13-17-2-6-19(24)7-3-17/h2-9,12,14H,10-11,13,15H2,1H3,(H,28,30). The summed E-state index contributed by atoms with van der Waals surface area (Å²) in [5.41, 5.74) is 2.34. The van der Waals surface area contributed by atoms with Crippen LogP contribution in [0.3, 0.4) is 0 Å². The van der Waals surface area contributed by atoms with E-state index in [1.165, 1.54) is 41.6 Å². The lowest BCUT2D eigenvalue weighted by atomic mass is 10.2. The molecule has 0 saturated carbocycles. The highest BCUT2D eigenvalue weighted by molar-refractivity contribution is 5.92. The summed E-state index contributed by atoms with van der Waals surface area (Å²) in [6.45, 7) is 2.36. The Morgan fingerprint density at radius 3 is 2.10 bits per heavy atom. The molecule has 2 amide bonds. The van der Waals surface area contributed by atoms with E-state index in [1.54, 1.807) is 31.2 Å². The van der Waals surface area contributed by atoms with E-state index < -0.39 is 0 Å². The molecular weight excluding hydrogens is 402 g/mol. The van der Waals surface area contributed by atoms with Crippen molar-refractivity contribution in [2.24, 2.45) is 0 Å². The number of hydrogen-bond donors (Lipinski definition) is 1. The molecule has 0 unspecified atom stereocenters. The second-order valence-corrected chi connectivity index (χ2v) is 7.05. The third-order valence-electron chi connectivity index (χ3n) is 4.59. The van der Waals surface area contributed by atoms with Gasteiger partial charge in [0.1, 0.15) is 17.3 Å². The summed E-state index contributed by atoms with van der Waals surface area (Å²) in [6.07, 6.45) is 2.95. The van der Waals surface area contributed by atoms with E-state index in [1.807, 2.05) is 0 Å². The molecule has 31 heavy (non-hydrogen) atoms. The Kier molecular flexibility index (Phi) is 7.37. The molecule has 0 aliphatic carbocycles. The maximum atomic E-state index is 13.2. The average molecular weight is 424 g/mol. The van der Waals surface area contributed by atoms with Crippen LogP contribution in [0, 0.1) is 18.6 Å². The monoisotopic (exact) mass is 424 g/mol. The first-order chi connectivity index (χ1) is 14.9. The zero-order valence-corrected chi connectivity index (χ0v) is 17.0. The number of halogens is 2. The van der Waals surface area contributed by atoms with Gasteiger partial charge in [0.2, 0.25) is 5.91 Å². The fourth-order valence-electron chi connectivity index (χ4n) is 2.86. The number of hydrogen-bond acceptors (Lipinski definition) is 4. The minimum absolute atomic E-state index is 0.0629. The molecule has 0 fully saturated rings. The Morgan fingerprint density at radius 2 is 1.52 bits per heavy atom. The predicted molar refractivity (Wildman–Crippen MR) is 111 cm³/mol. The molecule has 3 aromatic rings. The number of rotatable bonds is 8. The Bertz CT molecular complexity index is 1020. The Morgan fingerprint density at radius 1 is 0.903 bits per heavy atom. The normalized spacial score (nSPS) is 10.5. The third-order valence-corrected chi connectivity index (χ3v) is 4.59. The molecule has 0 aliphatic heterocycles. The summed E-state index contributed by atoms with van der Waals surface area (Å²) < 4.78 is 26.2. The second-order valence-electron chi connectivity index (χ2n) is 7.05. The van der Waals surface area contributed by atoms with Crippen molar-refractivity contribution in [3.63, 3.8) is 0 Å². The molecule has 1 aromatic heterocycles. The van der Waals surface area contributed by atoms with Gasteiger partial charge in [-0.3, -0.25) is 14.6 Å².